The maximum Gasteiger partial charge on any atom is 0.322 e. The van der Waals surface area contributed by atoms with Crippen LogP contribution in [0.15, 0.2) is 0 Å². The van der Waals surface area contributed by atoms with Gasteiger partial charge in [-0.2, -0.15) is 0 Å². The lowest BCUT2D eigenvalue weighted by molar-refractivity contribution is 0.269. The van der Waals surface area contributed by atoms with Gasteiger partial charge in [0.25, 0.3) is 0 Å². The van der Waals surface area contributed by atoms with Crippen LogP contribution >= 0.6 is 0 Å². The zero-order valence-corrected chi connectivity index (χ0v) is 19.5. The number of aliphatic hydroxyl groups is 1. The van der Waals surface area contributed by atoms with E-state index in [0.29, 0.717) is 0 Å². The minimum absolute atomic E-state index is 0.127. The van der Waals surface area contributed by atoms with Crippen LogP contribution in [0.2, 0.25) is 39.3 Å². The van der Waals surface area contributed by atoms with Crippen molar-refractivity contribution in [1.82, 2.24) is 5.32 Å². The van der Waals surface area contributed by atoms with Crippen LogP contribution in [0.5, 0.6) is 0 Å². The predicted molar refractivity (Wildman–Crippen MR) is 106 cm³/mol. The van der Waals surface area contributed by atoms with Crippen molar-refractivity contribution in [2.24, 2.45) is 5.73 Å². The third-order valence-corrected chi connectivity index (χ3v) is 12.8. The number of hydrogen-bond donors (Lipinski definition) is 3. The summed E-state index contributed by atoms with van der Waals surface area (Å²) in [6.07, 6.45) is 2.65. The molecule has 6 nitrogen and oxygen atoms in total. The van der Waals surface area contributed by atoms with Gasteiger partial charge in [0.2, 0.25) is 8.32 Å². The fourth-order valence-electron chi connectivity index (χ4n) is 1.88. The van der Waals surface area contributed by atoms with E-state index in [0.717, 1.165) is 19.6 Å². The molecule has 0 aromatic heterocycles. The molecule has 0 heterocycles. The van der Waals surface area contributed by atoms with E-state index >= 15 is 0 Å². The lowest BCUT2D eigenvalue weighted by Crippen LogP contribution is -2.54. The maximum atomic E-state index is 9.20. The van der Waals surface area contributed by atoms with Crippen molar-refractivity contribution < 1.29 is 17.8 Å². The Kier molecular flexibility index (Phi) is 14.2. The van der Waals surface area contributed by atoms with Crippen molar-refractivity contribution in [2.75, 3.05) is 33.0 Å². The van der Waals surface area contributed by atoms with Gasteiger partial charge in [-0.15, -0.1) is 0 Å². The second kappa shape index (κ2) is 12.7. The van der Waals surface area contributed by atoms with Gasteiger partial charge in [-0.3, -0.25) is 0 Å². The quantitative estimate of drug-likeness (QED) is 0.374. The highest BCUT2D eigenvalue weighted by atomic mass is 28.5. The molecule has 0 aromatic carbocycles. The molecule has 0 amide bonds. The first-order chi connectivity index (χ1) is 10.4. The van der Waals surface area contributed by atoms with Crippen LogP contribution in [0.1, 0.15) is 19.8 Å². The molecule has 0 aromatic rings. The van der Waals surface area contributed by atoms with Gasteiger partial charge in [0.15, 0.2) is 0 Å². The predicted octanol–water partition coefficient (Wildman–Crippen LogP) is 2.14. The average Bonchev–Trinajstić information content (AvgIpc) is 2.42. The molecule has 0 fully saturated rings. The number of nitrogens with two attached hydrogens (primary N) is 1. The summed E-state index contributed by atoms with van der Waals surface area (Å²) in [5, 5.41) is 12.4. The molecular weight excluding hydrogens is 344 g/mol. The van der Waals surface area contributed by atoms with Crippen molar-refractivity contribution in [1.29, 1.82) is 0 Å². The number of unbranched alkanes of at least 4 members (excludes halogenated alkanes) is 1. The standard InChI is InChI=1S/C8H24O4Si3.C6H16N2/c1-10-14(4,5)12-15(6,7)11-13(2,3)8-9;1-2-3-5-8-6-4-7/h9H,8H2,1-7H3;8H,2-7H2,1H3. The van der Waals surface area contributed by atoms with E-state index in [4.69, 9.17) is 18.4 Å². The minimum atomic E-state index is -2.18. The third kappa shape index (κ3) is 17.0. The van der Waals surface area contributed by atoms with Gasteiger partial charge in [0.05, 0.1) is 6.23 Å². The van der Waals surface area contributed by atoms with Crippen LogP contribution < -0.4 is 11.1 Å². The van der Waals surface area contributed by atoms with Gasteiger partial charge >= 0.3 is 17.1 Å². The third-order valence-electron chi connectivity index (χ3n) is 2.91. The lowest BCUT2D eigenvalue weighted by Gasteiger charge is -2.36. The van der Waals surface area contributed by atoms with Gasteiger partial charge < -0.3 is 28.8 Å². The maximum absolute atomic E-state index is 9.20. The molecule has 0 saturated heterocycles. The summed E-state index contributed by atoms with van der Waals surface area (Å²) in [4.78, 5) is 0. The van der Waals surface area contributed by atoms with Crippen molar-refractivity contribution >= 4 is 25.4 Å². The Bertz CT molecular complexity index is 267. The van der Waals surface area contributed by atoms with Crippen LogP contribution in [-0.4, -0.2) is 63.5 Å². The van der Waals surface area contributed by atoms with Crippen LogP contribution in [-0.2, 0) is 12.7 Å². The summed E-state index contributed by atoms with van der Waals surface area (Å²) < 4.78 is 17.3. The second-order valence-corrected chi connectivity index (χ2v) is 18.5. The van der Waals surface area contributed by atoms with Crippen molar-refractivity contribution in [3.8, 4) is 0 Å². The molecular formula is C14H40N2O4Si3. The first kappa shape index (κ1) is 25.6. The topological polar surface area (TPSA) is 86.0 Å². The fourth-order valence-corrected chi connectivity index (χ4v) is 13.1. The fraction of sp³-hybridized carbons (Fsp3) is 1.00. The van der Waals surface area contributed by atoms with Gasteiger partial charge in [0.1, 0.15) is 0 Å². The zero-order chi connectivity index (χ0) is 18.6. The highest BCUT2D eigenvalue weighted by Crippen LogP contribution is 2.20. The Hall–Kier alpha value is 0.411. The summed E-state index contributed by atoms with van der Waals surface area (Å²) in [6.45, 7) is 17.0. The molecule has 0 unspecified atom stereocenters. The summed E-state index contributed by atoms with van der Waals surface area (Å²) in [6, 6.07) is 0. The molecule has 0 bridgehead atoms. The Morgan fingerprint density at radius 1 is 0.957 bits per heavy atom. The molecule has 9 heteroatoms. The van der Waals surface area contributed by atoms with E-state index in [1.54, 1.807) is 7.11 Å². The number of hydrogen-bond acceptors (Lipinski definition) is 6. The molecule has 23 heavy (non-hydrogen) atoms. The summed E-state index contributed by atoms with van der Waals surface area (Å²) in [5.74, 6) is 0. The number of aliphatic hydroxyl groups excluding tert-OH is 1. The van der Waals surface area contributed by atoms with Crippen molar-refractivity contribution in [3.05, 3.63) is 0 Å². The molecule has 142 valence electrons. The van der Waals surface area contributed by atoms with E-state index in [-0.39, 0.29) is 6.23 Å². The van der Waals surface area contributed by atoms with E-state index in [1.165, 1.54) is 12.8 Å². The number of rotatable bonds is 11. The van der Waals surface area contributed by atoms with Gasteiger partial charge in [-0.1, -0.05) is 13.3 Å². The minimum Gasteiger partial charge on any atom is -0.435 e. The smallest absolute Gasteiger partial charge is 0.322 e. The molecule has 4 N–H and O–H groups in total. The van der Waals surface area contributed by atoms with E-state index in [2.05, 4.69) is 12.2 Å². The highest BCUT2D eigenvalue weighted by molar-refractivity contribution is 6.86. The lowest BCUT2D eigenvalue weighted by atomic mass is 10.3. The average molecular weight is 385 g/mol. The largest absolute Gasteiger partial charge is 0.435 e. The van der Waals surface area contributed by atoms with Gasteiger partial charge in [0, 0.05) is 20.2 Å². The van der Waals surface area contributed by atoms with E-state index in [1.807, 2.05) is 39.3 Å². The van der Waals surface area contributed by atoms with Gasteiger partial charge in [-0.25, -0.2) is 0 Å². The van der Waals surface area contributed by atoms with Crippen LogP contribution in [0.3, 0.4) is 0 Å². The number of nitrogens with one attached hydrogen (secondary N) is 1. The summed E-state index contributed by atoms with van der Waals surface area (Å²) in [5.41, 5.74) is 5.25. The van der Waals surface area contributed by atoms with Crippen LogP contribution in [0, 0.1) is 0 Å². The normalized spacial score (nSPS) is 12.8. The summed E-state index contributed by atoms with van der Waals surface area (Å²) >= 11 is 0. The molecule has 0 radical (unpaired) electrons. The van der Waals surface area contributed by atoms with Crippen molar-refractivity contribution in [3.63, 3.8) is 0 Å². The zero-order valence-electron chi connectivity index (χ0n) is 16.5. The Labute approximate surface area is 146 Å². The monoisotopic (exact) mass is 384 g/mol. The van der Waals surface area contributed by atoms with Crippen LogP contribution in [0.25, 0.3) is 0 Å². The second-order valence-electron chi connectivity index (χ2n) is 7.02. The Morgan fingerprint density at radius 2 is 1.52 bits per heavy atom. The molecule has 0 saturated carbocycles. The first-order valence-electron chi connectivity index (χ1n) is 8.42. The summed E-state index contributed by atoms with van der Waals surface area (Å²) in [7, 11) is -4.52. The van der Waals surface area contributed by atoms with Crippen LogP contribution in [0.4, 0.5) is 0 Å². The molecule has 0 rings (SSSR count). The molecule has 0 atom stereocenters. The highest BCUT2D eigenvalue weighted by Gasteiger charge is 2.39. The molecule has 0 spiro atoms. The van der Waals surface area contributed by atoms with Gasteiger partial charge in [-0.05, 0) is 52.2 Å². The van der Waals surface area contributed by atoms with E-state index < -0.39 is 25.4 Å². The Morgan fingerprint density at radius 3 is 1.91 bits per heavy atom. The molecule has 0 aliphatic rings. The molecule has 0 aliphatic carbocycles. The first-order valence-corrected chi connectivity index (χ1v) is 17.2. The Balaban J connectivity index is 0. The molecule has 0 aliphatic heterocycles. The SMILES string of the molecule is CCCCNCCN.CO[Si](C)(C)O[Si](C)(C)O[Si](C)(C)CO. The van der Waals surface area contributed by atoms with Crippen molar-refractivity contribution in [2.45, 2.75) is 59.0 Å². The van der Waals surface area contributed by atoms with E-state index in [9.17, 15) is 5.11 Å².